The zero-order valence-electron chi connectivity index (χ0n) is 27.5. The maximum atomic E-state index is 15.7. The Labute approximate surface area is 260 Å². The monoisotopic (exact) mass is 611 g/mol. The number of carbonyl (C=O) groups is 2. The molecule has 0 unspecified atom stereocenters. The van der Waals surface area contributed by atoms with Crippen LogP contribution in [0.2, 0.25) is 0 Å². The van der Waals surface area contributed by atoms with Crippen molar-refractivity contribution in [2.75, 3.05) is 13.2 Å². The Balaban J connectivity index is 1.75. The van der Waals surface area contributed by atoms with Crippen molar-refractivity contribution in [3.8, 4) is 16.9 Å². The number of fused-ring (bicyclic) bond motifs is 2. The topological polar surface area (TPSA) is 65.1 Å². The molecular formula is C36H47F2NO5. The van der Waals surface area contributed by atoms with Crippen LogP contribution in [0.5, 0.6) is 5.75 Å². The van der Waals surface area contributed by atoms with E-state index in [1.165, 1.54) is 6.07 Å². The molecule has 1 fully saturated rings. The van der Waals surface area contributed by atoms with Crippen LogP contribution in [0.4, 0.5) is 8.78 Å². The summed E-state index contributed by atoms with van der Waals surface area (Å²) in [6.07, 6.45) is 2.68. The lowest BCUT2D eigenvalue weighted by Crippen LogP contribution is -2.47. The molecule has 0 spiro atoms. The Kier molecular flexibility index (Phi) is 8.89. The summed E-state index contributed by atoms with van der Waals surface area (Å²) in [6, 6.07) is 1.49. The normalized spacial score (nSPS) is 22.6. The third kappa shape index (κ3) is 6.11. The summed E-state index contributed by atoms with van der Waals surface area (Å²) in [4.78, 5) is 29.2. The Hall–Kier alpha value is -3.00. The van der Waals surface area contributed by atoms with E-state index < -0.39 is 29.2 Å². The van der Waals surface area contributed by atoms with Crippen LogP contribution >= 0.6 is 0 Å². The van der Waals surface area contributed by atoms with Gasteiger partial charge in [-0.2, -0.15) is 0 Å². The molecule has 6 nitrogen and oxygen atoms in total. The molecule has 240 valence electrons. The number of hydrogen-bond donors (Lipinski definition) is 0. The first kappa shape index (κ1) is 32.4. The lowest BCUT2D eigenvalue weighted by molar-refractivity contribution is -0.166. The van der Waals surface area contributed by atoms with E-state index in [2.05, 4.69) is 0 Å². The molecule has 3 aliphatic rings. The first-order chi connectivity index (χ1) is 20.6. The minimum atomic E-state index is -1.20. The number of hydrogen-bond acceptors (Lipinski definition) is 5. The van der Waals surface area contributed by atoms with E-state index in [1.807, 2.05) is 46.4 Å². The van der Waals surface area contributed by atoms with Crippen LogP contribution in [0, 0.1) is 26.6 Å². The molecule has 1 amide bonds. The molecule has 8 heteroatoms. The Morgan fingerprint density at radius 2 is 1.80 bits per heavy atom. The molecule has 0 saturated heterocycles. The largest absolute Gasteiger partial charge is 0.490 e. The van der Waals surface area contributed by atoms with Crippen molar-refractivity contribution in [1.29, 1.82) is 0 Å². The van der Waals surface area contributed by atoms with E-state index in [0.29, 0.717) is 62.1 Å². The fourth-order valence-electron chi connectivity index (χ4n) is 7.36. The highest BCUT2D eigenvalue weighted by atomic mass is 19.1. The van der Waals surface area contributed by atoms with Crippen molar-refractivity contribution < 1.29 is 32.6 Å². The van der Waals surface area contributed by atoms with Crippen LogP contribution in [0.3, 0.4) is 0 Å². The van der Waals surface area contributed by atoms with E-state index in [-0.39, 0.29) is 25.0 Å². The predicted octanol–water partition coefficient (Wildman–Crippen LogP) is 7.72. The van der Waals surface area contributed by atoms with E-state index in [9.17, 15) is 14.0 Å². The number of amides is 1. The van der Waals surface area contributed by atoms with Gasteiger partial charge in [0.25, 0.3) is 0 Å². The molecule has 2 aromatic rings. The number of nitrogens with zero attached hydrogens (tertiary/aromatic N) is 1. The molecular weight excluding hydrogens is 564 g/mol. The average Bonchev–Trinajstić information content (AvgIpc) is 2.95. The lowest BCUT2D eigenvalue weighted by Gasteiger charge is -2.42. The fraction of sp³-hybridized carbons (Fsp3) is 0.611. The molecule has 2 aliphatic heterocycles. The van der Waals surface area contributed by atoms with Crippen molar-refractivity contribution in [2.24, 2.45) is 0 Å². The van der Waals surface area contributed by atoms with Crippen LogP contribution in [-0.2, 0) is 38.4 Å². The Bertz CT molecular complexity index is 1460. The van der Waals surface area contributed by atoms with Gasteiger partial charge in [-0.3, -0.25) is 4.79 Å². The van der Waals surface area contributed by atoms with Crippen molar-refractivity contribution in [3.63, 3.8) is 0 Å². The van der Waals surface area contributed by atoms with Gasteiger partial charge in [-0.15, -0.1) is 0 Å². The summed E-state index contributed by atoms with van der Waals surface area (Å²) in [6.45, 7) is 16.0. The van der Waals surface area contributed by atoms with Gasteiger partial charge in [0.2, 0.25) is 5.91 Å². The molecule has 0 aromatic heterocycles. The number of alkyl halides is 1. The van der Waals surface area contributed by atoms with Gasteiger partial charge < -0.3 is 19.1 Å². The molecule has 2 aromatic carbocycles. The molecule has 0 radical (unpaired) electrons. The number of halogens is 2. The fourth-order valence-corrected chi connectivity index (χ4v) is 7.36. The Morgan fingerprint density at radius 1 is 1.11 bits per heavy atom. The number of benzene rings is 2. The summed E-state index contributed by atoms with van der Waals surface area (Å²) in [5, 5.41) is 0. The van der Waals surface area contributed by atoms with Crippen LogP contribution in [0.25, 0.3) is 11.1 Å². The van der Waals surface area contributed by atoms with Gasteiger partial charge in [0, 0.05) is 23.7 Å². The predicted molar refractivity (Wildman–Crippen MR) is 166 cm³/mol. The summed E-state index contributed by atoms with van der Waals surface area (Å²) in [5.41, 5.74) is 5.42. The second-order valence-corrected chi connectivity index (χ2v) is 14.0. The summed E-state index contributed by atoms with van der Waals surface area (Å²) >= 11 is 0. The van der Waals surface area contributed by atoms with Crippen LogP contribution < -0.4 is 4.74 Å². The summed E-state index contributed by atoms with van der Waals surface area (Å²) < 4.78 is 48.1. The van der Waals surface area contributed by atoms with E-state index >= 15 is 4.39 Å². The molecule has 5 rings (SSSR count). The highest BCUT2D eigenvalue weighted by molar-refractivity contribution is 5.89. The van der Waals surface area contributed by atoms with Gasteiger partial charge in [-0.05, 0) is 139 Å². The smallest absolute Gasteiger partial charge is 0.339 e. The lowest BCUT2D eigenvalue weighted by atomic mass is 9.77. The Morgan fingerprint density at radius 3 is 2.43 bits per heavy atom. The molecule has 2 heterocycles. The van der Waals surface area contributed by atoms with E-state index in [1.54, 1.807) is 13.8 Å². The van der Waals surface area contributed by atoms with Crippen molar-refractivity contribution in [3.05, 3.63) is 50.8 Å². The van der Waals surface area contributed by atoms with Gasteiger partial charge in [-0.1, -0.05) is 0 Å². The number of rotatable bonds is 6. The zero-order valence-corrected chi connectivity index (χ0v) is 27.5. The van der Waals surface area contributed by atoms with Gasteiger partial charge >= 0.3 is 5.97 Å². The summed E-state index contributed by atoms with van der Waals surface area (Å²) in [7, 11) is 0. The second-order valence-electron chi connectivity index (χ2n) is 14.0. The number of ether oxygens (including phenoxy) is 3. The highest BCUT2D eigenvalue weighted by Gasteiger charge is 2.40. The zero-order chi connectivity index (χ0) is 32.1. The van der Waals surface area contributed by atoms with E-state index in [4.69, 9.17) is 14.2 Å². The molecule has 44 heavy (non-hydrogen) atoms. The van der Waals surface area contributed by atoms with Crippen LogP contribution in [0.1, 0.15) is 112 Å². The number of carbonyl (C=O) groups excluding carboxylic acids is 2. The van der Waals surface area contributed by atoms with Gasteiger partial charge in [0.1, 0.15) is 5.67 Å². The first-order valence-corrected chi connectivity index (χ1v) is 16.1. The molecule has 0 bridgehead atoms. The van der Waals surface area contributed by atoms with Gasteiger partial charge in [-0.25, -0.2) is 13.6 Å². The highest BCUT2D eigenvalue weighted by Crippen LogP contribution is 2.47. The second kappa shape index (κ2) is 12.1. The van der Waals surface area contributed by atoms with Gasteiger partial charge in [0.15, 0.2) is 17.7 Å². The first-order valence-electron chi connectivity index (χ1n) is 16.1. The third-order valence-corrected chi connectivity index (χ3v) is 9.67. The quantitative estimate of drug-likeness (QED) is 0.313. The summed E-state index contributed by atoms with van der Waals surface area (Å²) in [5.74, 6) is -0.651. The number of esters is 1. The van der Waals surface area contributed by atoms with Crippen molar-refractivity contribution in [1.82, 2.24) is 4.90 Å². The maximum Gasteiger partial charge on any atom is 0.339 e. The van der Waals surface area contributed by atoms with E-state index in [0.717, 1.165) is 45.4 Å². The van der Waals surface area contributed by atoms with Crippen molar-refractivity contribution in [2.45, 2.75) is 130 Å². The standard InChI is InChI=1S/C36H47F2NO5/c1-9-42-34(41)33(44-35(5,6)7)31-21(3)25-18-29(40)39(23-12-14-36(8,38)15-13-23)19-27(25)22(4)30(31)26-17-28(37)32-24(20(26)2)11-10-16-43-32/h17,23,33H,9-16,18-19H2,1-8H3/t23?,33-,36?/m0/s1. The third-order valence-electron chi connectivity index (χ3n) is 9.67. The van der Waals surface area contributed by atoms with Crippen molar-refractivity contribution >= 4 is 11.9 Å². The van der Waals surface area contributed by atoms with Gasteiger partial charge in [0.05, 0.1) is 25.2 Å². The average molecular weight is 612 g/mol. The maximum absolute atomic E-state index is 15.7. The SMILES string of the molecule is CCOC(=O)[C@@H](OC(C)(C)C)c1c(C)c2c(c(C)c1-c1cc(F)c3c(c1C)CCCO3)CN(C1CCC(C)(F)CC1)C(=O)C2. The minimum absolute atomic E-state index is 0.00346. The molecule has 0 N–H and O–H groups in total. The molecule has 1 aliphatic carbocycles. The van der Waals surface area contributed by atoms with Crippen LogP contribution in [0.15, 0.2) is 6.07 Å². The van der Waals surface area contributed by atoms with Crippen LogP contribution in [-0.4, -0.2) is 47.3 Å². The molecule has 1 atom stereocenters. The molecule has 1 saturated carbocycles. The minimum Gasteiger partial charge on any atom is -0.490 e.